The van der Waals surface area contributed by atoms with Crippen LogP contribution in [0.3, 0.4) is 0 Å². The summed E-state index contributed by atoms with van der Waals surface area (Å²) < 4.78 is 2.46. The van der Waals surface area contributed by atoms with Crippen LogP contribution in [0.5, 0.6) is 5.88 Å². The summed E-state index contributed by atoms with van der Waals surface area (Å²) in [5, 5.41) is 18.2. The molecule has 0 aliphatic rings. The zero-order chi connectivity index (χ0) is 20.0. The molecule has 0 saturated heterocycles. The number of imidazole rings is 1. The molecule has 11 nitrogen and oxygen atoms in total. The number of aromatic hydroxyl groups is 1. The van der Waals surface area contributed by atoms with E-state index in [0.717, 1.165) is 5.56 Å². The van der Waals surface area contributed by atoms with E-state index in [1.54, 1.807) is 6.07 Å². The molecule has 1 amide bonds. The third-order valence-electron chi connectivity index (χ3n) is 4.35. The van der Waals surface area contributed by atoms with E-state index in [1.807, 2.05) is 19.1 Å². The third-order valence-corrected chi connectivity index (χ3v) is 4.35. The maximum Gasteiger partial charge on any atom is 0.329 e. The van der Waals surface area contributed by atoms with Gasteiger partial charge in [0.15, 0.2) is 16.9 Å². The monoisotopic (exact) mass is 381 g/mol. The zero-order valence-electron chi connectivity index (χ0n) is 14.9. The van der Waals surface area contributed by atoms with E-state index in [1.165, 1.54) is 22.5 Å². The van der Waals surface area contributed by atoms with Crippen LogP contribution in [0.15, 0.2) is 44.3 Å². The molecule has 0 saturated carbocycles. The molecule has 0 radical (unpaired) electrons. The van der Waals surface area contributed by atoms with Gasteiger partial charge in [0.1, 0.15) is 6.54 Å². The highest BCUT2D eigenvalue weighted by molar-refractivity contribution is 5.94. The van der Waals surface area contributed by atoms with Gasteiger partial charge in [0, 0.05) is 12.4 Å². The molecular formula is C17H15N7O4. The summed E-state index contributed by atoms with van der Waals surface area (Å²) in [6.45, 7) is 1.59. The fraction of sp³-hybridized carbons (Fsp3) is 0.176. The van der Waals surface area contributed by atoms with Crippen molar-refractivity contribution in [2.75, 3.05) is 0 Å². The number of H-pyrrole nitrogens is 2. The summed E-state index contributed by atoms with van der Waals surface area (Å²) in [5.74, 6) is -0.856. The molecule has 1 aromatic carbocycles. The van der Waals surface area contributed by atoms with E-state index >= 15 is 0 Å². The minimum Gasteiger partial charge on any atom is -0.493 e. The Morgan fingerprint density at radius 2 is 2.07 bits per heavy atom. The Balaban J connectivity index is 1.66. The second kappa shape index (κ2) is 6.30. The summed E-state index contributed by atoms with van der Waals surface area (Å²) in [5.41, 5.74) is 0.771. The second-order valence-corrected chi connectivity index (χ2v) is 6.33. The van der Waals surface area contributed by atoms with Crippen molar-refractivity contribution in [1.82, 2.24) is 24.1 Å². The molecule has 0 spiro atoms. The number of nitrogens with zero attached hydrogens (tertiary/aromatic N) is 5. The van der Waals surface area contributed by atoms with Gasteiger partial charge in [-0.3, -0.25) is 19.1 Å². The van der Waals surface area contributed by atoms with Crippen molar-refractivity contribution in [1.29, 1.82) is 0 Å². The molecule has 3 heterocycles. The average Bonchev–Trinajstić information content (AvgIpc) is 3.19. The van der Waals surface area contributed by atoms with Crippen molar-refractivity contribution < 1.29 is 9.90 Å². The number of aryl methyl sites for hydroxylation is 2. The third kappa shape index (κ3) is 2.78. The highest BCUT2D eigenvalue weighted by Gasteiger charge is 2.15. The molecule has 0 aliphatic heterocycles. The van der Waals surface area contributed by atoms with Crippen LogP contribution in [0.25, 0.3) is 22.1 Å². The second-order valence-electron chi connectivity index (χ2n) is 6.33. The van der Waals surface area contributed by atoms with Crippen molar-refractivity contribution in [2.24, 2.45) is 17.3 Å². The normalized spacial score (nSPS) is 11.8. The van der Waals surface area contributed by atoms with Crippen LogP contribution < -0.4 is 11.2 Å². The highest BCUT2D eigenvalue weighted by Crippen LogP contribution is 2.35. The number of amides is 1. The van der Waals surface area contributed by atoms with Crippen molar-refractivity contribution in [3.8, 4) is 5.88 Å². The van der Waals surface area contributed by atoms with Crippen molar-refractivity contribution in [2.45, 2.75) is 13.5 Å². The maximum absolute atomic E-state index is 12.2. The number of azo groups is 1. The summed E-state index contributed by atoms with van der Waals surface area (Å²) >= 11 is 0. The average molecular weight is 381 g/mol. The first-order valence-electron chi connectivity index (χ1n) is 8.25. The number of aromatic nitrogens is 5. The SMILES string of the molecule is Cc1ccc2[nH]c(O)c(N=NC(=O)Cn3cnc4c3c(=O)[nH]c(=O)n4C)c2c1. The van der Waals surface area contributed by atoms with Gasteiger partial charge in [0.05, 0.1) is 11.8 Å². The van der Waals surface area contributed by atoms with E-state index in [0.29, 0.717) is 10.9 Å². The predicted octanol–water partition coefficient (Wildman–Crippen LogP) is 1.23. The minimum atomic E-state index is -0.658. The van der Waals surface area contributed by atoms with Gasteiger partial charge in [-0.25, -0.2) is 9.78 Å². The van der Waals surface area contributed by atoms with Gasteiger partial charge in [0.25, 0.3) is 11.5 Å². The molecule has 11 heteroatoms. The summed E-state index contributed by atoms with van der Waals surface area (Å²) in [7, 11) is 1.46. The first-order valence-corrected chi connectivity index (χ1v) is 8.25. The molecule has 28 heavy (non-hydrogen) atoms. The van der Waals surface area contributed by atoms with Gasteiger partial charge in [0.2, 0.25) is 5.88 Å². The Morgan fingerprint density at radius 3 is 2.86 bits per heavy atom. The van der Waals surface area contributed by atoms with Crippen LogP contribution in [-0.4, -0.2) is 35.1 Å². The lowest BCUT2D eigenvalue weighted by Crippen LogP contribution is -2.29. The lowest BCUT2D eigenvalue weighted by Gasteiger charge is -2.01. The number of rotatable bonds is 3. The Labute approximate surface area is 156 Å². The Kier molecular flexibility index (Phi) is 3.91. The fourth-order valence-electron chi connectivity index (χ4n) is 2.97. The molecule has 0 fully saturated rings. The smallest absolute Gasteiger partial charge is 0.329 e. The molecule has 0 bridgehead atoms. The molecule has 3 N–H and O–H groups in total. The Bertz CT molecular complexity index is 1390. The highest BCUT2D eigenvalue weighted by atomic mass is 16.3. The van der Waals surface area contributed by atoms with Gasteiger partial charge in [-0.1, -0.05) is 11.6 Å². The number of carbonyl (C=O) groups is 1. The summed E-state index contributed by atoms with van der Waals surface area (Å²) in [6.07, 6.45) is 1.28. The van der Waals surface area contributed by atoms with Crippen LogP contribution in [0.1, 0.15) is 5.56 Å². The number of carbonyl (C=O) groups excluding carboxylic acids is 1. The molecule has 3 aromatic heterocycles. The number of fused-ring (bicyclic) bond motifs is 2. The molecule has 0 atom stereocenters. The lowest BCUT2D eigenvalue weighted by atomic mass is 10.2. The first kappa shape index (κ1) is 17.4. The standard InChI is InChI=1S/C17H15N7O4/c1-8-3-4-10-9(5-8)12(15(26)19-10)22-21-11(25)6-24-7-18-14-13(24)16(27)20-17(28)23(14)2/h3-5,7,19,26H,6H2,1-2H3,(H,20,27,28). The number of benzene rings is 1. The molecular weight excluding hydrogens is 366 g/mol. The minimum absolute atomic E-state index is 0.0798. The molecule has 0 aliphatic carbocycles. The molecule has 142 valence electrons. The van der Waals surface area contributed by atoms with Gasteiger partial charge in [-0.15, -0.1) is 10.2 Å². The van der Waals surface area contributed by atoms with Gasteiger partial charge in [-0.05, 0) is 19.1 Å². The lowest BCUT2D eigenvalue weighted by molar-refractivity contribution is -0.118. The van der Waals surface area contributed by atoms with Crippen LogP contribution in [0.2, 0.25) is 0 Å². The quantitative estimate of drug-likeness (QED) is 0.456. The van der Waals surface area contributed by atoms with E-state index in [2.05, 4.69) is 25.2 Å². The summed E-state index contributed by atoms with van der Waals surface area (Å²) in [4.78, 5) is 44.8. The van der Waals surface area contributed by atoms with Gasteiger partial charge >= 0.3 is 5.69 Å². The largest absolute Gasteiger partial charge is 0.493 e. The van der Waals surface area contributed by atoms with Crippen molar-refractivity contribution in [3.63, 3.8) is 0 Å². The van der Waals surface area contributed by atoms with Crippen LogP contribution in [0.4, 0.5) is 5.69 Å². The fourth-order valence-corrected chi connectivity index (χ4v) is 2.97. The van der Waals surface area contributed by atoms with Gasteiger partial charge in [-0.2, -0.15) is 0 Å². The Morgan fingerprint density at radius 1 is 1.29 bits per heavy atom. The number of hydrogen-bond acceptors (Lipinski definition) is 6. The molecule has 4 aromatic rings. The topological polar surface area (TPSA) is 150 Å². The van der Waals surface area contributed by atoms with Crippen LogP contribution >= 0.6 is 0 Å². The van der Waals surface area contributed by atoms with E-state index in [-0.39, 0.29) is 29.3 Å². The van der Waals surface area contributed by atoms with Crippen molar-refractivity contribution in [3.05, 3.63) is 50.9 Å². The maximum atomic E-state index is 12.2. The predicted molar refractivity (Wildman–Crippen MR) is 99.8 cm³/mol. The van der Waals surface area contributed by atoms with Gasteiger partial charge < -0.3 is 14.7 Å². The van der Waals surface area contributed by atoms with E-state index in [9.17, 15) is 19.5 Å². The number of nitrogens with one attached hydrogen (secondary N) is 2. The molecule has 0 unspecified atom stereocenters. The molecule has 4 rings (SSSR count). The summed E-state index contributed by atoms with van der Waals surface area (Å²) in [6, 6.07) is 5.48. The van der Waals surface area contributed by atoms with Crippen molar-refractivity contribution >= 4 is 33.7 Å². The zero-order valence-corrected chi connectivity index (χ0v) is 14.9. The first-order chi connectivity index (χ1) is 13.3. The number of aromatic amines is 2. The van der Waals surface area contributed by atoms with E-state index in [4.69, 9.17) is 0 Å². The van der Waals surface area contributed by atoms with E-state index < -0.39 is 17.2 Å². The van der Waals surface area contributed by atoms with Crippen LogP contribution in [0, 0.1) is 6.92 Å². The van der Waals surface area contributed by atoms with Crippen LogP contribution in [-0.2, 0) is 18.4 Å². The number of hydrogen-bond donors (Lipinski definition) is 3. The Hall–Kier alpha value is -4.02.